The van der Waals surface area contributed by atoms with Crippen molar-refractivity contribution >= 4 is 5.96 Å². The van der Waals surface area contributed by atoms with E-state index in [1.165, 1.54) is 24.1 Å². The van der Waals surface area contributed by atoms with Crippen LogP contribution in [0.2, 0.25) is 0 Å². The molecular weight excluding hydrogens is 241 g/mol. The quantitative estimate of drug-likeness (QED) is 0.633. The molecule has 1 saturated carbocycles. The van der Waals surface area contributed by atoms with Crippen LogP contribution >= 0.6 is 0 Å². The van der Waals surface area contributed by atoms with Gasteiger partial charge in [-0.2, -0.15) is 0 Å². The largest absolute Gasteiger partial charge is 0.370 e. The lowest BCUT2D eigenvalue weighted by Gasteiger charge is -2.41. The Morgan fingerprint density at radius 2 is 2.05 bits per heavy atom. The zero-order valence-electron chi connectivity index (χ0n) is 11.5. The van der Waals surface area contributed by atoms with Crippen molar-refractivity contribution in [3.05, 3.63) is 35.6 Å². The molecule has 104 valence electrons. The van der Waals surface area contributed by atoms with Crippen LogP contribution in [0.3, 0.4) is 0 Å². The van der Waals surface area contributed by atoms with Crippen molar-refractivity contribution < 1.29 is 4.39 Å². The Hall–Kier alpha value is -1.58. The van der Waals surface area contributed by atoms with Gasteiger partial charge in [-0.3, -0.25) is 4.99 Å². The van der Waals surface area contributed by atoms with E-state index in [1.807, 2.05) is 12.1 Å². The molecule has 0 saturated heterocycles. The molecule has 0 unspecified atom stereocenters. The molecule has 2 rings (SSSR count). The molecule has 1 fully saturated rings. The van der Waals surface area contributed by atoms with E-state index in [0.717, 1.165) is 25.8 Å². The average Bonchev–Trinajstić information content (AvgIpc) is 2.37. The van der Waals surface area contributed by atoms with E-state index >= 15 is 0 Å². The number of guanidine groups is 1. The van der Waals surface area contributed by atoms with Crippen molar-refractivity contribution in [1.29, 1.82) is 0 Å². The summed E-state index contributed by atoms with van der Waals surface area (Å²) in [6, 6.07) is 6.80. The minimum Gasteiger partial charge on any atom is -0.370 e. The molecule has 1 aromatic rings. The molecule has 0 aliphatic heterocycles. The number of nitrogens with zero attached hydrogens (tertiary/aromatic N) is 1. The minimum absolute atomic E-state index is 0.0617. The first kappa shape index (κ1) is 13.8. The van der Waals surface area contributed by atoms with Crippen LogP contribution < -0.4 is 11.1 Å². The van der Waals surface area contributed by atoms with Crippen molar-refractivity contribution in [1.82, 2.24) is 5.32 Å². The van der Waals surface area contributed by atoms with Gasteiger partial charge in [-0.25, -0.2) is 4.39 Å². The summed E-state index contributed by atoms with van der Waals surface area (Å²) in [6.45, 7) is 3.62. The number of nitrogens with two attached hydrogens (primary N) is 1. The average molecular weight is 263 g/mol. The molecule has 1 aliphatic carbocycles. The highest BCUT2D eigenvalue weighted by atomic mass is 19.1. The zero-order chi connectivity index (χ0) is 13.7. The number of benzene rings is 1. The van der Waals surface area contributed by atoms with Crippen LogP contribution in [0.1, 0.15) is 38.2 Å². The maximum atomic E-state index is 13.0. The Balaban J connectivity index is 2.04. The van der Waals surface area contributed by atoms with E-state index < -0.39 is 0 Å². The highest BCUT2D eigenvalue weighted by Crippen LogP contribution is 2.43. The molecule has 0 spiro atoms. The van der Waals surface area contributed by atoms with Crippen LogP contribution in [-0.4, -0.2) is 19.0 Å². The van der Waals surface area contributed by atoms with Gasteiger partial charge in [0.2, 0.25) is 0 Å². The van der Waals surface area contributed by atoms with Crippen molar-refractivity contribution in [3.63, 3.8) is 0 Å². The first-order chi connectivity index (χ1) is 9.16. The molecule has 4 heteroatoms. The van der Waals surface area contributed by atoms with Crippen molar-refractivity contribution in [3.8, 4) is 0 Å². The Morgan fingerprint density at radius 1 is 1.37 bits per heavy atom. The Kier molecular flexibility index (Phi) is 4.40. The van der Waals surface area contributed by atoms with Gasteiger partial charge in [0.1, 0.15) is 5.82 Å². The van der Waals surface area contributed by atoms with E-state index in [9.17, 15) is 4.39 Å². The number of aliphatic imine (C=N–C) groups is 1. The summed E-state index contributed by atoms with van der Waals surface area (Å²) < 4.78 is 13.0. The molecule has 3 nitrogen and oxygen atoms in total. The second kappa shape index (κ2) is 6.04. The number of nitrogens with one attached hydrogen (secondary N) is 1. The Bertz CT molecular complexity index is 435. The third-order valence-corrected chi connectivity index (χ3v) is 3.88. The van der Waals surface area contributed by atoms with Crippen LogP contribution in [0.4, 0.5) is 4.39 Å². The van der Waals surface area contributed by atoms with Crippen LogP contribution in [0.15, 0.2) is 29.3 Å². The number of hydrogen-bond donors (Lipinski definition) is 2. The van der Waals surface area contributed by atoms with Gasteiger partial charge in [-0.05, 0) is 37.0 Å². The fraction of sp³-hybridized carbons (Fsp3) is 0.533. The van der Waals surface area contributed by atoms with E-state index in [1.54, 1.807) is 0 Å². The molecule has 0 bridgehead atoms. The molecule has 3 N–H and O–H groups in total. The molecule has 0 atom stereocenters. The van der Waals surface area contributed by atoms with Crippen LogP contribution in [-0.2, 0) is 5.41 Å². The smallest absolute Gasteiger partial charge is 0.188 e. The van der Waals surface area contributed by atoms with Crippen molar-refractivity contribution in [2.45, 2.75) is 38.0 Å². The summed E-state index contributed by atoms with van der Waals surface area (Å²) in [5, 5.41) is 3.08. The molecular formula is C15H22FN3. The molecule has 0 heterocycles. The Labute approximate surface area is 114 Å². The molecule has 19 heavy (non-hydrogen) atoms. The van der Waals surface area contributed by atoms with E-state index in [0.29, 0.717) is 12.5 Å². The zero-order valence-corrected chi connectivity index (χ0v) is 11.5. The minimum atomic E-state index is -0.189. The Morgan fingerprint density at radius 3 is 2.58 bits per heavy atom. The lowest BCUT2D eigenvalue weighted by molar-refractivity contribution is 0.253. The number of rotatable bonds is 5. The highest BCUT2D eigenvalue weighted by molar-refractivity contribution is 5.77. The van der Waals surface area contributed by atoms with E-state index in [4.69, 9.17) is 5.73 Å². The van der Waals surface area contributed by atoms with Crippen LogP contribution in [0.25, 0.3) is 0 Å². The third-order valence-electron chi connectivity index (χ3n) is 3.88. The number of hydrogen-bond acceptors (Lipinski definition) is 1. The predicted molar refractivity (Wildman–Crippen MR) is 76.7 cm³/mol. The first-order valence-corrected chi connectivity index (χ1v) is 6.96. The molecule has 0 radical (unpaired) electrons. The first-order valence-electron chi connectivity index (χ1n) is 6.96. The van der Waals surface area contributed by atoms with Gasteiger partial charge >= 0.3 is 0 Å². The monoisotopic (exact) mass is 263 g/mol. The standard InChI is InChI=1S/C15H22FN3/c1-2-10-18-14(17)19-11-15(8-3-9-15)12-4-6-13(16)7-5-12/h4-7H,2-3,8-11H2,1H3,(H3,17,18,19). The SMILES string of the molecule is CCCNC(N)=NCC1(c2ccc(F)cc2)CCC1. The maximum absolute atomic E-state index is 13.0. The van der Waals surface area contributed by atoms with Crippen LogP contribution in [0.5, 0.6) is 0 Å². The highest BCUT2D eigenvalue weighted by Gasteiger charge is 2.38. The van der Waals surface area contributed by atoms with Crippen molar-refractivity contribution in [2.75, 3.05) is 13.1 Å². The lowest BCUT2D eigenvalue weighted by Crippen LogP contribution is -2.40. The second-order valence-electron chi connectivity index (χ2n) is 5.27. The van der Waals surface area contributed by atoms with Crippen LogP contribution in [0, 0.1) is 5.82 Å². The summed E-state index contributed by atoms with van der Waals surface area (Å²) in [5.41, 5.74) is 7.06. The maximum Gasteiger partial charge on any atom is 0.188 e. The number of halogens is 1. The predicted octanol–water partition coefficient (Wildman–Crippen LogP) is 2.56. The van der Waals surface area contributed by atoms with Gasteiger partial charge in [-0.1, -0.05) is 25.5 Å². The summed E-state index contributed by atoms with van der Waals surface area (Å²) in [7, 11) is 0. The van der Waals surface area contributed by atoms with Gasteiger partial charge in [-0.15, -0.1) is 0 Å². The fourth-order valence-corrected chi connectivity index (χ4v) is 2.49. The van der Waals surface area contributed by atoms with Gasteiger partial charge in [0.05, 0.1) is 6.54 Å². The second-order valence-corrected chi connectivity index (χ2v) is 5.27. The summed E-state index contributed by atoms with van der Waals surface area (Å²) in [4.78, 5) is 4.44. The normalized spacial score (nSPS) is 17.9. The molecule has 1 aliphatic rings. The molecule has 0 aromatic heterocycles. The summed E-state index contributed by atoms with van der Waals surface area (Å²) >= 11 is 0. The van der Waals surface area contributed by atoms with Gasteiger partial charge in [0.15, 0.2) is 5.96 Å². The topological polar surface area (TPSA) is 50.4 Å². The van der Waals surface area contributed by atoms with Gasteiger partial charge in [0, 0.05) is 12.0 Å². The molecule has 0 amide bonds. The van der Waals surface area contributed by atoms with E-state index in [2.05, 4.69) is 17.2 Å². The lowest BCUT2D eigenvalue weighted by atomic mass is 9.64. The van der Waals surface area contributed by atoms with Gasteiger partial charge < -0.3 is 11.1 Å². The van der Waals surface area contributed by atoms with E-state index in [-0.39, 0.29) is 11.2 Å². The van der Waals surface area contributed by atoms with Crippen molar-refractivity contribution in [2.24, 2.45) is 10.7 Å². The summed E-state index contributed by atoms with van der Waals surface area (Å²) in [6.07, 6.45) is 4.43. The van der Waals surface area contributed by atoms with Gasteiger partial charge in [0.25, 0.3) is 0 Å². The summed E-state index contributed by atoms with van der Waals surface area (Å²) in [5.74, 6) is 0.320. The third kappa shape index (κ3) is 3.25. The molecule has 1 aromatic carbocycles. The fourth-order valence-electron chi connectivity index (χ4n) is 2.49.